The first kappa shape index (κ1) is 18.9. The molecule has 7 nitrogen and oxygen atoms in total. The number of hydrogen-bond donors (Lipinski definition) is 2. The van der Waals surface area contributed by atoms with Crippen LogP contribution in [0.1, 0.15) is 6.92 Å². The van der Waals surface area contributed by atoms with Crippen LogP contribution in [0.2, 0.25) is 0 Å². The van der Waals surface area contributed by atoms with E-state index in [4.69, 9.17) is 4.74 Å². The Morgan fingerprint density at radius 2 is 1.89 bits per heavy atom. The SMILES string of the molecule is COc1cc(S(=O)(=O)Nc2nc(-c3ccccc3)cs2)ccc1NC(C)=O. The summed E-state index contributed by atoms with van der Waals surface area (Å²) < 4.78 is 33.0. The Hall–Kier alpha value is -2.91. The van der Waals surface area contributed by atoms with E-state index in [0.717, 1.165) is 5.56 Å². The first-order chi connectivity index (χ1) is 12.9. The predicted octanol–water partition coefficient (Wildman–Crippen LogP) is 3.58. The van der Waals surface area contributed by atoms with Crippen LogP contribution < -0.4 is 14.8 Å². The number of benzene rings is 2. The van der Waals surface area contributed by atoms with Gasteiger partial charge < -0.3 is 10.1 Å². The molecule has 0 saturated carbocycles. The van der Waals surface area contributed by atoms with E-state index in [2.05, 4.69) is 15.0 Å². The Labute approximate surface area is 161 Å². The largest absolute Gasteiger partial charge is 0.495 e. The van der Waals surface area contributed by atoms with Crippen molar-refractivity contribution in [2.45, 2.75) is 11.8 Å². The molecule has 0 saturated heterocycles. The highest BCUT2D eigenvalue weighted by molar-refractivity contribution is 7.93. The number of nitrogens with one attached hydrogen (secondary N) is 2. The van der Waals surface area contributed by atoms with Crippen LogP contribution in [-0.4, -0.2) is 26.4 Å². The van der Waals surface area contributed by atoms with Crippen molar-refractivity contribution in [3.05, 3.63) is 53.9 Å². The zero-order valence-corrected chi connectivity index (χ0v) is 16.2. The number of aromatic nitrogens is 1. The first-order valence-corrected chi connectivity index (χ1v) is 10.2. The molecule has 0 unspecified atom stereocenters. The lowest BCUT2D eigenvalue weighted by Gasteiger charge is -2.11. The molecule has 3 rings (SSSR count). The van der Waals surface area contributed by atoms with Gasteiger partial charge in [-0.05, 0) is 12.1 Å². The summed E-state index contributed by atoms with van der Waals surface area (Å²) in [6, 6.07) is 13.7. The molecule has 0 bridgehead atoms. The number of thiazole rings is 1. The van der Waals surface area contributed by atoms with Crippen molar-refractivity contribution >= 4 is 38.1 Å². The number of carbonyl (C=O) groups excluding carboxylic acids is 1. The van der Waals surface area contributed by atoms with Crippen LogP contribution in [0, 0.1) is 0 Å². The second-order valence-electron chi connectivity index (χ2n) is 5.55. The van der Waals surface area contributed by atoms with Crippen LogP contribution in [0.5, 0.6) is 5.75 Å². The lowest BCUT2D eigenvalue weighted by atomic mass is 10.2. The molecule has 0 aliphatic heterocycles. The summed E-state index contributed by atoms with van der Waals surface area (Å²) in [5.41, 5.74) is 1.99. The molecular formula is C18H17N3O4S2. The van der Waals surface area contributed by atoms with Gasteiger partial charge in [-0.3, -0.25) is 9.52 Å². The van der Waals surface area contributed by atoms with Gasteiger partial charge in [-0.25, -0.2) is 13.4 Å². The van der Waals surface area contributed by atoms with Crippen molar-refractivity contribution in [3.63, 3.8) is 0 Å². The molecule has 9 heteroatoms. The summed E-state index contributed by atoms with van der Waals surface area (Å²) in [5, 5.41) is 4.63. The first-order valence-electron chi connectivity index (χ1n) is 7.88. The number of nitrogens with zero attached hydrogens (tertiary/aromatic N) is 1. The maximum atomic E-state index is 12.7. The van der Waals surface area contributed by atoms with Crippen molar-refractivity contribution in [1.82, 2.24) is 4.98 Å². The molecule has 0 radical (unpaired) electrons. The Bertz CT molecular complexity index is 1060. The van der Waals surface area contributed by atoms with Crippen LogP contribution in [0.25, 0.3) is 11.3 Å². The molecule has 0 fully saturated rings. The molecule has 1 amide bonds. The second-order valence-corrected chi connectivity index (χ2v) is 8.09. The Morgan fingerprint density at radius 1 is 1.15 bits per heavy atom. The highest BCUT2D eigenvalue weighted by Crippen LogP contribution is 2.30. The summed E-state index contributed by atoms with van der Waals surface area (Å²) in [6.07, 6.45) is 0. The summed E-state index contributed by atoms with van der Waals surface area (Å²) in [6.45, 7) is 1.36. The molecule has 0 aliphatic rings. The number of methoxy groups -OCH3 is 1. The van der Waals surface area contributed by atoms with E-state index in [0.29, 0.717) is 11.4 Å². The lowest BCUT2D eigenvalue weighted by molar-refractivity contribution is -0.114. The number of amides is 1. The van der Waals surface area contributed by atoms with Gasteiger partial charge in [-0.15, -0.1) is 11.3 Å². The van der Waals surface area contributed by atoms with E-state index in [1.807, 2.05) is 30.3 Å². The Morgan fingerprint density at radius 3 is 2.56 bits per heavy atom. The van der Waals surface area contributed by atoms with Crippen LogP contribution >= 0.6 is 11.3 Å². The minimum absolute atomic E-state index is 0.00455. The third kappa shape index (κ3) is 4.44. The van der Waals surface area contributed by atoms with E-state index < -0.39 is 10.0 Å². The standard InChI is InChI=1S/C18H17N3O4S2/c1-12(22)19-15-9-8-14(10-17(15)25-2)27(23,24)21-18-20-16(11-26-18)13-6-4-3-5-7-13/h3-11H,1-2H3,(H,19,22)(H,20,21). The predicted molar refractivity (Wildman–Crippen MR) is 106 cm³/mol. The Kier molecular flexibility index (Phi) is 5.43. The van der Waals surface area contributed by atoms with Gasteiger partial charge in [0, 0.05) is 23.9 Å². The summed E-state index contributed by atoms with van der Waals surface area (Å²) in [7, 11) is -2.45. The van der Waals surface area contributed by atoms with Crippen molar-refractivity contribution in [2.75, 3.05) is 17.1 Å². The number of carbonyl (C=O) groups is 1. The fourth-order valence-electron chi connectivity index (χ4n) is 2.37. The molecule has 140 valence electrons. The second kappa shape index (κ2) is 7.77. The fraction of sp³-hybridized carbons (Fsp3) is 0.111. The summed E-state index contributed by atoms with van der Waals surface area (Å²) >= 11 is 1.20. The van der Waals surface area contributed by atoms with Crippen LogP contribution in [-0.2, 0) is 14.8 Å². The van der Waals surface area contributed by atoms with Gasteiger partial charge in [0.2, 0.25) is 5.91 Å². The highest BCUT2D eigenvalue weighted by Gasteiger charge is 2.19. The van der Waals surface area contributed by atoms with Gasteiger partial charge >= 0.3 is 0 Å². The van der Waals surface area contributed by atoms with Crippen LogP contribution in [0.3, 0.4) is 0 Å². The molecule has 2 aromatic carbocycles. The number of rotatable bonds is 6. The number of hydrogen-bond acceptors (Lipinski definition) is 6. The molecule has 0 atom stereocenters. The van der Waals surface area contributed by atoms with E-state index in [9.17, 15) is 13.2 Å². The normalized spacial score (nSPS) is 11.0. The third-order valence-corrected chi connectivity index (χ3v) is 5.81. The minimum Gasteiger partial charge on any atom is -0.495 e. The molecule has 2 N–H and O–H groups in total. The third-order valence-electron chi connectivity index (χ3n) is 3.59. The summed E-state index contributed by atoms with van der Waals surface area (Å²) in [4.78, 5) is 15.6. The van der Waals surface area contributed by atoms with E-state index in [-0.39, 0.29) is 21.7 Å². The topological polar surface area (TPSA) is 97.4 Å². The van der Waals surface area contributed by atoms with Gasteiger partial charge in [0.15, 0.2) is 5.13 Å². The molecule has 0 aliphatic carbocycles. The zero-order valence-electron chi connectivity index (χ0n) is 14.6. The molecule has 3 aromatic rings. The number of anilines is 2. The smallest absolute Gasteiger partial charge is 0.263 e. The molecule has 0 spiro atoms. The van der Waals surface area contributed by atoms with Gasteiger partial charge in [-0.2, -0.15) is 0 Å². The fourth-order valence-corrected chi connectivity index (χ4v) is 4.36. The molecule has 1 heterocycles. The van der Waals surface area contributed by atoms with Gasteiger partial charge in [-0.1, -0.05) is 30.3 Å². The van der Waals surface area contributed by atoms with Crippen LogP contribution in [0.4, 0.5) is 10.8 Å². The van der Waals surface area contributed by atoms with Gasteiger partial charge in [0.05, 0.1) is 23.4 Å². The lowest BCUT2D eigenvalue weighted by Crippen LogP contribution is -2.14. The quantitative estimate of drug-likeness (QED) is 0.656. The van der Waals surface area contributed by atoms with E-state index in [1.165, 1.54) is 43.6 Å². The maximum Gasteiger partial charge on any atom is 0.263 e. The van der Waals surface area contributed by atoms with E-state index in [1.54, 1.807) is 5.38 Å². The molecular weight excluding hydrogens is 386 g/mol. The van der Waals surface area contributed by atoms with Crippen LogP contribution in [0.15, 0.2) is 58.8 Å². The Balaban J connectivity index is 1.85. The van der Waals surface area contributed by atoms with Crippen molar-refractivity contribution in [2.24, 2.45) is 0 Å². The van der Waals surface area contributed by atoms with Crippen molar-refractivity contribution in [1.29, 1.82) is 0 Å². The zero-order chi connectivity index (χ0) is 19.4. The van der Waals surface area contributed by atoms with Crippen molar-refractivity contribution < 1.29 is 17.9 Å². The minimum atomic E-state index is -3.85. The van der Waals surface area contributed by atoms with Gasteiger partial charge in [0.1, 0.15) is 5.75 Å². The average molecular weight is 403 g/mol. The monoisotopic (exact) mass is 403 g/mol. The summed E-state index contributed by atoms with van der Waals surface area (Å²) in [5.74, 6) is -0.0320. The number of ether oxygens (including phenoxy) is 1. The molecule has 27 heavy (non-hydrogen) atoms. The highest BCUT2D eigenvalue weighted by atomic mass is 32.2. The van der Waals surface area contributed by atoms with E-state index >= 15 is 0 Å². The van der Waals surface area contributed by atoms with Gasteiger partial charge in [0.25, 0.3) is 10.0 Å². The molecule has 1 aromatic heterocycles. The average Bonchev–Trinajstić information content (AvgIpc) is 3.10. The van der Waals surface area contributed by atoms with Crippen molar-refractivity contribution in [3.8, 4) is 17.0 Å². The maximum absolute atomic E-state index is 12.7. The number of sulfonamides is 1.